The highest BCUT2D eigenvalue weighted by atomic mass is 32.1. The molecule has 1 fully saturated rings. The van der Waals surface area contributed by atoms with E-state index >= 15 is 0 Å². The van der Waals surface area contributed by atoms with Crippen molar-refractivity contribution in [3.05, 3.63) is 77.4 Å². The molecule has 0 bridgehead atoms. The van der Waals surface area contributed by atoms with Gasteiger partial charge in [-0.05, 0) is 60.7 Å². The van der Waals surface area contributed by atoms with Crippen molar-refractivity contribution in [1.29, 1.82) is 0 Å². The maximum atomic E-state index is 13.6. The smallest absolute Gasteiger partial charge is 0.301 e. The number of Topliss-reactive ketones (excluding diaryl/α,β-unsaturated/α-hetero) is 1. The Bertz CT molecular complexity index is 1580. The molecule has 0 spiro atoms. The maximum Gasteiger partial charge on any atom is 0.301 e. The van der Waals surface area contributed by atoms with Crippen LogP contribution in [0.15, 0.2) is 66.2 Å². The summed E-state index contributed by atoms with van der Waals surface area (Å²) >= 11 is 1.24. The number of aromatic nitrogens is 1. The molecular formula is C28H24N2O7S. The Morgan fingerprint density at radius 1 is 0.842 bits per heavy atom. The number of rotatable bonds is 7. The van der Waals surface area contributed by atoms with Crippen LogP contribution in [0.3, 0.4) is 0 Å². The van der Waals surface area contributed by atoms with Gasteiger partial charge < -0.3 is 24.1 Å². The molecule has 0 saturated carbocycles. The summed E-state index contributed by atoms with van der Waals surface area (Å²) in [5, 5.41) is 11.7. The lowest BCUT2D eigenvalue weighted by Gasteiger charge is -2.25. The topological polar surface area (TPSA) is 107 Å². The van der Waals surface area contributed by atoms with Crippen LogP contribution in [-0.2, 0) is 9.59 Å². The van der Waals surface area contributed by atoms with Crippen molar-refractivity contribution >= 4 is 44.1 Å². The number of methoxy groups -OCH3 is 4. The van der Waals surface area contributed by atoms with E-state index in [2.05, 4.69) is 4.98 Å². The lowest BCUT2D eigenvalue weighted by atomic mass is 9.94. The molecule has 1 aliphatic heterocycles. The van der Waals surface area contributed by atoms with E-state index in [9.17, 15) is 14.7 Å². The van der Waals surface area contributed by atoms with E-state index < -0.39 is 17.7 Å². The molecule has 0 unspecified atom stereocenters. The van der Waals surface area contributed by atoms with E-state index in [0.717, 1.165) is 4.70 Å². The summed E-state index contributed by atoms with van der Waals surface area (Å²) in [6.07, 6.45) is 0. The number of hydrogen-bond acceptors (Lipinski definition) is 9. The molecule has 0 aliphatic carbocycles. The number of nitrogens with zero attached hydrogens (tertiary/aromatic N) is 2. The van der Waals surface area contributed by atoms with Gasteiger partial charge in [-0.1, -0.05) is 11.3 Å². The molecule has 0 radical (unpaired) electrons. The van der Waals surface area contributed by atoms with Gasteiger partial charge in [-0.15, -0.1) is 0 Å². The van der Waals surface area contributed by atoms with Crippen LogP contribution in [0.5, 0.6) is 23.0 Å². The Balaban J connectivity index is 1.76. The predicted molar refractivity (Wildman–Crippen MR) is 143 cm³/mol. The molecule has 1 atom stereocenters. The van der Waals surface area contributed by atoms with Crippen LogP contribution in [0, 0.1) is 0 Å². The fraction of sp³-hybridized carbons (Fsp3) is 0.179. The molecule has 38 heavy (non-hydrogen) atoms. The van der Waals surface area contributed by atoms with E-state index in [-0.39, 0.29) is 11.3 Å². The summed E-state index contributed by atoms with van der Waals surface area (Å²) in [4.78, 5) is 33.0. The van der Waals surface area contributed by atoms with Gasteiger partial charge in [0, 0.05) is 11.1 Å². The molecule has 1 saturated heterocycles. The highest BCUT2D eigenvalue weighted by Gasteiger charge is 2.49. The van der Waals surface area contributed by atoms with Crippen molar-refractivity contribution in [3.63, 3.8) is 0 Å². The van der Waals surface area contributed by atoms with Crippen LogP contribution >= 0.6 is 11.3 Å². The second-order valence-corrected chi connectivity index (χ2v) is 9.34. The van der Waals surface area contributed by atoms with E-state index in [4.69, 9.17) is 18.9 Å². The summed E-state index contributed by atoms with van der Waals surface area (Å²) in [5.41, 5.74) is 1.35. The number of aliphatic hydroxyl groups excluding tert-OH is 1. The Kier molecular flexibility index (Phi) is 6.64. The van der Waals surface area contributed by atoms with E-state index in [1.807, 2.05) is 6.07 Å². The SMILES string of the molecule is COc1ccc(/C(O)=C2\C(=O)C(=O)N(c3nc4ccc(OC)cc4s3)[C@H]2c2cc(OC)ccc2OC)cc1. The number of ether oxygens (including phenoxy) is 4. The summed E-state index contributed by atoms with van der Waals surface area (Å²) in [5.74, 6) is 0.131. The Morgan fingerprint density at radius 3 is 2.13 bits per heavy atom. The minimum atomic E-state index is -1.04. The molecule has 1 N–H and O–H groups in total. The highest BCUT2D eigenvalue weighted by molar-refractivity contribution is 7.22. The third-order valence-electron chi connectivity index (χ3n) is 6.33. The first-order valence-corrected chi connectivity index (χ1v) is 12.3. The van der Waals surface area contributed by atoms with Crippen LogP contribution in [0.2, 0.25) is 0 Å². The van der Waals surface area contributed by atoms with Crippen LogP contribution in [0.1, 0.15) is 17.2 Å². The van der Waals surface area contributed by atoms with Crippen molar-refractivity contribution < 1.29 is 33.6 Å². The molecule has 194 valence electrons. The zero-order valence-electron chi connectivity index (χ0n) is 21.1. The molecule has 1 aliphatic rings. The second-order valence-electron chi connectivity index (χ2n) is 8.34. The summed E-state index contributed by atoms with van der Waals surface area (Å²) in [6, 6.07) is 16.0. The average molecular weight is 533 g/mol. The van der Waals surface area contributed by atoms with Crippen molar-refractivity contribution in [3.8, 4) is 23.0 Å². The number of thiazole rings is 1. The number of hydrogen-bond donors (Lipinski definition) is 1. The lowest BCUT2D eigenvalue weighted by molar-refractivity contribution is -0.132. The van der Waals surface area contributed by atoms with Gasteiger partial charge in [0.1, 0.15) is 34.8 Å². The fourth-order valence-electron chi connectivity index (χ4n) is 4.40. The first-order valence-electron chi connectivity index (χ1n) is 11.5. The van der Waals surface area contributed by atoms with Gasteiger partial charge in [-0.2, -0.15) is 0 Å². The molecule has 10 heteroatoms. The Hall–Kier alpha value is -4.57. The van der Waals surface area contributed by atoms with E-state index in [1.54, 1.807) is 61.7 Å². The van der Waals surface area contributed by atoms with Crippen LogP contribution in [0.25, 0.3) is 16.0 Å². The van der Waals surface area contributed by atoms with Gasteiger partial charge in [0.25, 0.3) is 5.78 Å². The van der Waals surface area contributed by atoms with Crippen molar-refractivity contribution in [2.75, 3.05) is 33.3 Å². The molecular weight excluding hydrogens is 508 g/mol. The summed E-state index contributed by atoms with van der Waals surface area (Å²) in [7, 11) is 6.10. The molecule has 4 aromatic rings. The molecule has 2 heterocycles. The van der Waals surface area contributed by atoms with Crippen molar-refractivity contribution in [2.45, 2.75) is 6.04 Å². The zero-order valence-corrected chi connectivity index (χ0v) is 21.9. The quantitative estimate of drug-likeness (QED) is 0.202. The van der Waals surface area contributed by atoms with E-state index in [0.29, 0.717) is 44.8 Å². The largest absolute Gasteiger partial charge is 0.507 e. The number of amides is 1. The monoisotopic (exact) mass is 532 g/mol. The standard InChI is InChI=1S/C28H24N2O7S/c1-34-16-7-5-15(6-8-16)25(31)23-24(19-13-17(35-2)10-12-21(19)37-4)30(27(33)26(23)32)28-29-20-11-9-18(36-3)14-22(20)38-28/h5-14,24,31H,1-4H3/b25-23+/t24-/m0/s1. The van der Waals surface area contributed by atoms with Crippen LogP contribution in [0.4, 0.5) is 5.13 Å². The van der Waals surface area contributed by atoms with Crippen molar-refractivity contribution in [1.82, 2.24) is 4.98 Å². The number of fused-ring (bicyclic) bond motifs is 1. The third kappa shape index (κ3) is 4.18. The van der Waals surface area contributed by atoms with Gasteiger partial charge >= 0.3 is 5.91 Å². The lowest BCUT2D eigenvalue weighted by Crippen LogP contribution is -2.29. The number of carbonyl (C=O) groups is 2. The van der Waals surface area contributed by atoms with Gasteiger partial charge in [0.2, 0.25) is 0 Å². The van der Waals surface area contributed by atoms with Gasteiger partial charge in [0.15, 0.2) is 5.13 Å². The second kappa shape index (κ2) is 10.1. The minimum absolute atomic E-state index is 0.0939. The number of carbonyl (C=O) groups excluding carboxylic acids is 2. The van der Waals surface area contributed by atoms with Crippen LogP contribution in [-0.4, -0.2) is 50.2 Å². The highest BCUT2D eigenvalue weighted by Crippen LogP contribution is 2.47. The predicted octanol–water partition coefficient (Wildman–Crippen LogP) is 4.96. The molecule has 1 amide bonds. The molecule has 3 aromatic carbocycles. The van der Waals surface area contributed by atoms with Gasteiger partial charge in [-0.25, -0.2) is 4.98 Å². The first-order chi connectivity index (χ1) is 18.4. The fourth-order valence-corrected chi connectivity index (χ4v) is 5.43. The number of anilines is 1. The van der Waals surface area contributed by atoms with Gasteiger partial charge in [0.05, 0.1) is 44.2 Å². The van der Waals surface area contributed by atoms with Crippen molar-refractivity contribution in [2.24, 2.45) is 0 Å². The summed E-state index contributed by atoms with van der Waals surface area (Å²) in [6.45, 7) is 0. The third-order valence-corrected chi connectivity index (χ3v) is 7.35. The minimum Gasteiger partial charge on any atom is -0.507 e. The number of benzene rings is 3. The van der Waals surface area contributed by atoms with Crippen LogP contribution < -0.4 is 23.8 Å². The molecule has 1 aromatic heterocycles. The Labute approximate surface area is 222 Å². The average Bonchev–Trinajstić information content (AvgIpc) is 3.49. The number of aliphatic hydroxyl groups is 1. The molecule has 9 nitrogen and oxygen atoms in total. The number of ketones is 1. The zero-order chi connectivity index (χ0) is 27.0. The van der Waals surface area contributed by atoms with E-state index in [1.165, 1.54) is 37.6 Å². The molecule has 5 rings (SSSR count). The maximum absolute atomic E-state index is 13.6. The Morgan fingerprint density at radius 2 is 1.47 bits per heavy atom. The van der Waals surface area contributed by atoms with Gasteiger partial charge in [-0.3, -0.25) is 14.5 Å². The first kappa shape index (κ1) is 25.1. The normalized spacial score (nSPS) is 16.6. The summed E-state index contributed by atoms with van der Waals surface area (Å²) < 4.78 is 22.3.